The first kappa shape index (κ1) is 16.8. The Kier molecular flexibility index (Phi) is 6.35. The van der Waals surface area contributed by atoms with Gasteiger partial charge < -0.3 is 11.1 Å². The van der Waals surface area contributed by atoms with Crippen molar-refractivity contribution >= 4 is 23.4 Å². The molecule has 1 aromatic rings. The first-order valence-electron chi connectivity index (χ1n) is 6.15. The highest BCUT2D eigenvalue weighted by Crippen LogP contribution is 2.32. The van der Waals surface area contributed by atoms with Gasteiger partial charge in [0, 0.05) is 12.2 Å². The Morgan fingerprint density at radius 3 is 2.60 bits per heavy atom. The number of thioether (sulfide) groups is 1. The van der Waals surface area contributed by atoms with Crippen LogP contribution in [0, 0.1) is 0 Å². The number of carbonyl (C=O) groups excluding carboxylic acids is 1. The van der Waals surface area contributed by atoms with Crippen molar-refractivity contribution in [3.63, 3.8) is 0 Å². The van der Waals surface area contributed by atoms with Crippen molar-refractivity contribution < 1.29 is 18.0 Å². The average Bonchev–Trinajstić information content (AvgIpc) is 2.37. The van der Waals surface area contributed by atoms with Gasteiger partial charge in [-0.1, -0.05) is 6.92 Å². The number of benzene rings is 1. The Labute approximate surface area is 120 Å². The van der Waals surface area contributed by atoms with Gasteiger partial charge in [-0.2, -0.15) is 24.9 Å². The normalized spacial score (nSPS) is 11.4. The predicted octanol–water partition coefficient (Wildman–Crippen LogP) is 3.25. The second-order valence-corrected chi connectivity index (χ2v) is 5.33. The van der Waals surface area contributed by atoms with Gasteiger partial charge in [0.25, 0.3) is 0 Å². The van der Waals surface area contributed by atoms with E-state index < -0.39 is 11.7 Å². The number of nitrogens with two attached hydrogens (primary N) is 1. The third-order valence-electron chi connectivity index (χ3n) is 2.42. The van der Waals surface area contributed by atoms with Crippen LogP contribution in [0.4, 0.5) is 18.9 Å². The van der Waals surface area contributed by atoms with Gasteiger partial charge >= 0.3 is 6.18 Å². The summed E-state index contributed by atoms with van der Waals surface area (Å²) in [6.07, 6.45) is -3.51. The van der Waals surface area contributed by atoms with Gasteiger partial charge in [0.1, 0.15) is 0 Å². The number of anilines is 1. The maximum atomic E-state index is 12.7. The van der Waals surface area contributed by atoms with Crippen molar-refractivity contribution in [1.82, 2.24) is 0 Å². The van der Waals surface area contributed by atoms with Crippen molar-refractivity contribution in [2.45, 2.75) is 26.1 Å². The van der Waals surface area contributed by atoms with Crippen molar-refractivity contribution in [1.29, 1.82) is 0 Å². The quantitative estimate of drug-likeness (QED) is 0.793. The molecule has 7 heteroatoms. The van der Waals surface area contributed by atoms with Crippen LogP contribution >= 0.6 is 11.8 Å². The Morgan fingerprint density at radius 2 is 2.05 bits per heavy atom. The molecule has 0 spiro atoms. The van der Waals surface area contributed by atoms with Crippen molar-refractivity contribution in [3.8, 4) is 0 Å². The molecular formula is C13H17F3N2OS. The van der Waals surface area contributed by atoms with Gasteiger partial charge in [-0.25, -0.2) is 0 Å². The molecule has 0 saturated carbocycles. The Hall–Kier alpha value is -1.21. The highest BCUT2D eigenvalue weighted by atomic mass is 32.2. The zero-order valence-corrected chi connectivity index (χ0v) is 11.9. The van der Waals surface area contributed by atoms with E-state index in [4.69, 9.17) is 5.73 Å². The number of halogens is 3. The summed E-state index contributed by atoms with van der Waals surface area (Å²) >= 11 is 1.44. The number of carbonyl (C=O) groups is 1. The van der Waals surface area contributed by atoms with Crippen LogP contribution in [0.15, 0.2) is 18.2 Å². The van der Waals surface area contributed by atoms with Gasteiger partial charge in [-0.15, -0.1) is 0 Å². The molecule has 3 N–H and O–H groups in total. The molecule has 0 heterocycles. The van der Waals surface area contributed by atoms with Crippen LogP contribution in [-0.2, 0) is 17.5 Å². The number of nitrogens with one attached hydrogen (secondary N) is 1. The molecule has 0 radical (unpaired) electrons. The second-order valence-electron chi connectivity index (χ2n) is 4.22. The molecule has 0 atom stereocenters. The molecule has 0 unspecified atom stereocenters. The summed E-state index contributed by atoms with van der Waals surface area (Å²) in [7, 11) is 0. The van der Waals surface area contributed by atoms with Crippen molar-refractivity contribution in [2.24, 2.45) is 5.73 Å². The van der Waals surface area contributed by atoms with E-state index in [1.807, 2.05) is 6.92 Å². The van der Waals surface area contributed by atoms with Crippen LogP contribution in [-0.4, -0.2) is 17.4 Å². The summed E-state index contributed by atoms with van der Waals surface area (Å²) in [6, 6.07) is 3.36. The number of amides is 1. The standard InChI is InChI=1S/C13H17F3N2OS/c1-2-3-20-8-12(19)18-11-5-9(7-17)4-10(6-11)13(14,15)16/h4-6H,2-3,7-8,17H2,1H3,(H,18,19). The van der Waals surface area contributed by atoms with Crippen LogP contribution < -0.4 is 11.1 Å². The summed E-state index contributed by atoms with van der Waals surface area (Å²) < 4.78 is 38.1. The molecule has 112 valence electrons. The molecule has 3 nitrogen and oxygen atoms in total. The van der Waals surface area contributed by atoms with E-state index in [1.54, 1.807) is 0 Å². The number of alkyl halides is 3. The van der Waals surface area contributed by atoms with Crippen LogP contribution in [0.2, 0.25) is 0 Å². The van der Waals surface area contributed by atoms with E-state index in [1.165, 1.54) is 17.8 Å². The monoisotopic (exact) mass is 306 g/mol. The molecule has 0 saturated heterocycles. The molecule has 0 aromatic heterocycles. The molecule has 0 aliphatic heterocycles. The van der Waals surface area contributed by atoms with E-state index in [0.717, 1.165) is 24.3 Å². The first-order valence-corrected chi connectivity index (χ1v) is 7.31. The summed E-state index contributed by atoms with van der Waals surface area (Å²) in [5.41, 5.74) is 5.02. The fraction of sp³-hybridized carbons (Fsp3) is 0.462. The maximum absolute atomic E-state index is 12.7. The van der Waals surface area contributed by atoms with E-state index >= 15 is 0 Å². The fourth-order valence-corrected chi connectivity index (χ4v) is 2.24. The predicted molar refractivity (Wildman–Crippen MR) is 75.6 cm³/mol. The molecule has 0 fully saturated rings. The second kappa shape index (κ2) is 7.54. The largest absolute Gasteiger partial charge is 0.416 e. The molecule has 1 rings (SSSR count). The zero-order chi connectivity index (χ0) is 15.2. The minimum atomic E-state index is -4.46. The van der Waals surface area contributed by atoms with E-state index in [0.29, 0.717) is 5.56 Å². The van der Waals surface area contributed by atoms with Crippen LogP contribution in [0.25, 0.3) is 0 Å². The van der Waals surface area contributed by atoms with Crippen LogP contribution in [0.1, 0.15) is 24.5 Å². The smallest absolute Gasteiger partial charge is 0.326 e. The molecule has 0 bridgehead atoms. The van der Waals surface area contributed by atoms with Gasteiger partial charge in [0.2, 0.25) is 5.91 Å². The van der Waals surface area contributed by atoms with E-state index in [-0.39, 0.29) is 23.9 Å². The maximum Gasteiger partial charge on any atom is 0.416 e. The van der Waals surface area contributed by atoms with Gasteiger partial charge in [0.05, 0.1) is 11.3 Å². The lowest BCUT2D eigenvalue weighted by Crippen LogP contribution is -2.16. The SMILES string of the molecule is CCCSCC(=O)Nc1cc(CN)cc(C(F)(F)F)c1. The van der Waals surface area contributed by atoms with Crippen molar-refractivity contribution in [2.75, 3.05) is 16.8 Å². The lowest BCUT2D eigenvalue weighted by molar-refractivity contribution is -0.137. The molecule has 0 aliphatic rings. The molecule has 0 aliphatic carbocycles. The topological polar surface area (TPSA) is 55.1 Å². The van der Waals surface area contributed by atoms with Gasteiger partial charge in [-0.3, -0.25) is 4.79 Å². The van der Waals surface area contributed by atoms with Crippen LogP contribution in [0.3, 0.4) is 0 Å². The number of hydrogen-bond acceptors (Lipinski definition) is 3. The minimum Gasteiger partial charge on any atom is -0.326 e. The summed E-state index contributed by atoms with van der Waals surface area (Å²) in [4.78, 5) is 11.6. The van der Waals surface area contributed by atoms with Crippen LogP contribution in [0.5, 0.6) is 0 Å². The van der Waals surface area contributed by atoms with E-state index in [2.05, 4.69) is 5.32 Å². The molecule has 1 aromatic carbocycles. The Balaban J connectivity index is 2.81. The third kappa shape index (κ3) is 5.42. The molecule has 1 amide bonds. The highest BCUT2D eigenvalue weighted by Gasteiger charge is 2.31. The molecular weight excluding hydrogens is 289 g/mol. The lowest BCUT2D eigenvalue weighted by Gasteiger charge is -2.12. The fourth-order valence-electron chi connectivity index (χ4n) is 1.55. The summed E-state index contributed by atoms with van der Waals surface area (Å²) in [5.74, 6) is 0.747. The Morgan fingerprint density at radius 1 is 1.35 bits per heavy atom. The van der Waals surface area contributed by atoms with E-state index in [9.17, 15) is 18.0 Å². The number of hydrogen-bond donors (Lipinski definition) is 2. The minimum absolute atomic E-state index is 0.0165. The van der Waals surface area contributed by atoms with Gasteiger partial charge in [-0.05, 0) is 35.9 Å². The number of rotatable bonds is 6. The highest BCUT2D eigenvalue weighted by molar-refractivity contribution is 7.99. The molecule has 20 heavy (non-hydrogen) atoms. The summed E-state index contributed by atoms with van der Waals surface area (Å²) in [5, 5.41) is 2.47. The van der Waals surface area contributed by atoms with Gasteiger partial charge in [0.15, 0.2) is 0 Å². The third-order valence-corrected chi connectivity index (χ3v) is 3.58. The van der Waals surface area contributed by atoms with Crippen molar-refractivity contribution in [3.05, 3.63) is 29.3 Å². The summed E-state index contributed by atoms with van der Waals surface area (Å²) in [6.45, 7) is 1.97. The zero-order valence-electron chi connectivity index (χ0n) is 11.1. The Bertz CT molecular complexity index is 463. The lowest BCUT2D eigenvalue weighted by atomic mass is 10.1. The first-order chi connectivity index (χ1) is 9.36. The average molecular weight is 306 g/mol.